The molecule has 0 saturated heterocycles. The van der Waals surface area contributed by atoms with Gasteiger partial charge in [0.2, 0.25) is 0 Å². The van der Waals surface area contributed by atoms with Crippen LogP contribution in [-0.4, -0.2) is 26.4 Å². The van der Waals surface area contributed by atoms with Crippen LogP contribution in [0.3, 0.4) is 0 Å². The fraction of sp³-hybridized carbons (Fsp3) is 0.429. The van der Waals surface area contributed by atoms with Crippen molar-refractivity contribution in [1.29, 1.82) is 5.26 Å². The minimum Gasteiger partial charge on any atom is -0.496 e. The van der Waals surface area contributed by atoms with Crippen LogP contribution in [0.5, 0.6) is 5.75 Å². The van der Waals surface area contributed by atoms with Crippen LogP contribution in [0.1, 0.15) is 48.3 Å². The van der Waals surface area contributed by atoms with Crippen molar-refractivity contribution in [3.05, 3.63) is 39.8 Å². The van der Waals surface area contributed by atoms with Crippen LogP contribution in [0.2, 0.25) is 0 Å². The van der Waals surface area contributed by atoms with Crippen LogP contribution in [0.4, 0.5) is 10.7 Å². The number of methoxy groups -OCH3 is 1. The number of benzene rings is 1. The molecule has 0 atom stereocenters. The molecule has 1 aromatic carbocycles. The SMILES string of the molecule is CCN(CC)c1ccc(/C=N/c2sc3c(c2C#N)CCCC3)c(OC)c1. The van der Waals surface area contributed by atoms with Gasteiger partial charge in [-0.1, -0.05) is 0 Å². The van der Waals surface area contributed by atoms with Crippen molar-refractivity contribution >= 4 is 28.2 Å². The van der Waals surface area contributed by atoms with Gasteiger partial charge >= 0.3 is 0 Å². The summed E-state index contributed by atoms with van der Waals surface area (Å²) < 4.78 is 5.57. The number of hydrogen-bond donors (Lipinski definition) is 0. The molecule has 0 spiro atoms. The Bertz CT molecular complexity index is 844. The number of nitriles is 1. The number of nitrogens with zero attached hydrogens (tertiary/aromatic N) is 3. The smallest absolute Gasteiger partial charge is 0.134 e. The molecule has 0 fully saturated rings. The van der Waals surface area contributed by atoms with E-state index < -0.39 is 0 Å². The van der Waals surface area contributed by atoms with Crippen LogP contribution in [0, 0.1) is 11.3 Å². The van der Waals surface area contributed by atoms with Gasteiger partial charge in [0.15, 0.2) is 0 Å². The molecule has 3 rings (SSSR count). The third kappa shape index (κ3) is 3.61. The second kappa shape index (κ2) is 8.37. The molecule has 1 aliphatic carbocycles. The normalized spacial score (nSPS) is 13.5. The number of rotatable bonds is 6. The third-order valence-corrected chi connectivity index (χ3v) is 6.13. The predicted octanol–water partition coefficient (Wildman–Crippen LogP) is 5.10. The molecular weight excluding hydrogens is 342 g/mol. The lowest BCUT2D eigenvalue weighted by Gasteiger charge is -2.21. The van der Waals surface area contributed by atoms with Crippen LogP contribution < -0.4 is 9.64 Å². The van der Waals surface area contributed by atoms with Crippen molar-refractivity contribution in [2.75, 3.05) is 25.1 Å². The molecule has 0 radical (unpaired) electrons. The summed E-state index contributed by atoms with van der Waals surface area (Å²) in [6, 6.07) is 8.56. The van der Waals surface area contributed by atoms with Crippen molar-refractivity contribution in [1.82, 2.24) is 0 Å². The van der Waals surface area contributed by atoms with Gasteiger partial charge < -0.3 is 9.64 Å². The van der Waals surface area contributed by atoms with Gasteiger partial charge in [-0.15, -0.1) is 11.3 Å². The molecule has 136 valence electrons. The standard InChI is InChI=1S/C21H25N3OS/c1-4-24(5-2)16-11-10-15(19(12-16)25-3)14-23-21-18(13-22)17-8-6-7-9-20(17)26-21/h10-12,14H,4-9H2,1-3H3/b23-14+. The Morgan fingerprint density at radius 1 is 1.27 bits per heavy atom. The molecule has 0 unspecified atom stereocenters. The topological polar surface area (TPSA) is 48.6 Å². The van der Waals surface area contributed by atoms with Crippen molar-refractivity contribution in [3.8, 4) is 11.8 Å². The Labute approximate surface area is 159 Å². The summed E-state index contributed by atoms with van der Waals surface area (Å²) in [5.41, 5.74) is 4.06. The lowest BCUT2D eigenvalue weighted by Crippen LogP contribution is -2.21. The minimum absolute atomic E-state index is 0.764. The Balaban J connectivity index is 1.91. The molecule has 5 heteroatoms. The molecule has 0 N–H and O–H groups in total. The first-order chi connectivity index (χ1) is 12.7. The second-order valence-electron chi connectivity index (χ2n) is 6.36. The number of hydrogen-bond acceptors (Lipinski definition) is 5. The van der Waals surface area contributed by atoms with Crippen LogP contribution in [0.15, 0.2) is 23.2 Å². The molecular formula is C21H25N3OS. The average molecular weight is 368 g/mol. The maximum atomic E-state index is 9.57. The molecule has 0 saturated carbocycles. The highest BCUT2D eigenvalue weighted by atomic mass is 32.1. The van der Waals surface area contributed by atoms with E-state index in [0.717, 1.165) is 53.5 Å². The van der Waals surface area contributed by atoms with E-state index in [9.17, 15) is 5.26 Å². The molecule has 26 heavy (non-hydrogen) atoms. The molecule has 0 aliphatic heterocycles. The van der Waals surface area contributed by atoms with E-state index in [0.29, 0.717) is 0 Å². The van der Waals surface area contributed by atoms with E-state index in [1.807, 2.05) is 12.3 Å². The Hall–Kier alpha value is -2.32. The van der Waals surface area contributed by atoms with Gasteiger partial charge in [-0.3, -0.25) is 0 Å². The van der Waals surface area contributed by atoms with Crippen LogP contribution >= 0.6 is 11.3 Å². The number of thiophene rings is 1. The summed E-state index contributed by atoms with van der Waals surface area (Å²) in [6.45, 7) is 6.21. The van der Waals surface area contributed by atoms with Gasteiger partial charge in [0.05, 0.1) is 12.7 Å². The predicted molar refractivity (Wildman–Crippen MR) is 109 cm³/mol. The van der Waals surface area contributed by atoms with E-state index in [-0.39, 0.29) is 0 Å². The zero-order valence-corrected chi connectivity index (χ0v) is 16.5. The van der Waals surface area contributed by atoms with Crippen LogP contribution in [-0.2, 0) is 12.8 Å². The van der Waals surface area contributed by atoms with E-state index in [1.165, 1.54) is 23.3 Å². The first kappa shape index (κ1) is 18.5. The highest BCUT2D eigenvalue weighted by molar-refractivity contribution is 7.16. The van der Waals surface area contributed by atoms with Gasteiger partial charge in [-0.25, -0.2) is 4.99 Å². The van der Waals surface area contributed by atoms with Crippen molar-refractivity contribution in [2.24, 2.45) is 4.99 Å². The summed E-state index contributed by atoms with van der Waals surface area (Å²) >= 11 is 1.67. The summed E-state index contributed by atoms with van der Waals surface area (Å²) in [5.74, 6) is 0.804. The van der Waals surface area contributed by atoms with Gasteiger partial charge in [0.1, 0.15) is 16.8 Å². The number of anilines is 1. The molecule has 2 aromatic rings. The fourth-order valence-corrected chi connectivity index (χ4v) is 4.66. The number of aliphatic imine (C=N–C) groups is 1. The summed E-state index contributed by atoms with van der Waals surface area (Å²) in [4.78, 5) is 8.27. The first-order valence-electron chi connectivity index (χ1n) is 9.23. The maximum absolute atomic E-state index is 9.57. The Morgan fingerprint density at radius 3 is 2.73 bits per heavy atom. The van der Waals surface area contributed by atoms with E-state index >= 15 is 0 Å². The summed E-state index contributed by atoms with van der Waals surface area (Å²) in [5, 5.41) is 10.4. The number of aryl methyl sites for hydroxylation is 1. The first-order valence-corrected chi connectivity index (χ1v) is 10.0. The fourth-order valence-electron chi connectivity index (χ4n) is 3.48. The lowest BCUT2D eigenvalue weighted by atomic mass is 9.96. The molecule has 1 heterocycles. The molecule has 4 nitrogen and oxygen atoms in total. The molecule has 0 amide bonds. The van der Waals surface area contributed by atoms with Crippen LogP contribution in [0.25, 0.3) is 0 Å². The lowest BCUT2D eigenvalue weighted by molar-refractivity contribution is 0.414. The van der Waals surface area contributed by atoms with E-state index in [4.69, 9.17) is 4.74 Å². The third-order valence-electron chi connectivity index (χ3n) is 4.93. The molecule has 1 aromatic heterocycles. The highest BCUT2D eigenvalue weighted by Crippen LogP contribution is 2.39. The summed E-state index contributed by atoms with van der Waals surface area (Å²) in [7, 11) is 1.68. The maximum Gasteiger partial charge on any atom is 0.134 e. The number of ether oxygens (including phenoxy) is 1. The Kier molecular flexibility index (Phi) is 5.95. The highest BCUT2D eigenvalue weighted by Gasteiger charge is 2.20. The van der Waals surface area contributed by atoms with Crippen molar-refractivity contribution in [2.45, 2.75) is 39.5 Å². The van der Waals surface area contributed by atoms with Gasteiger partial charge in [0.25, 0.3) is 0 Å². The van der Waals surface area contributed by atoms with Crippen molar-refractivity contribution in [3.63, 3.8) is 0 Å². The summed E-state index contributed by atoms with van der Waals surface area (Å²) in [6.07, 6.45) is 6.28. The zero-order valence-electron chi connectivity index (χ0n) is 15.7. The average Bonchev–Trinajstić information content (AvgIpc) is 3.05. The molecule has 1 aliphatic rings. The van der Waals surface area contributed by atoms with E-state index in [1.54, 1.807) is 18.4 Å². The monoisotopic (exact) mass is 367 g/mol. The zero-order chi connectivity index (χ0) is 18.5. The van der Waals surface area contributed by atoms with Gasteiger partial charge in [-0.2, -0.15) is 5.26 Å². The second-order valence-corrected chi connectivity index (χ2v) is 7.44. The molecule has 0 bridgehead atoms. The quantitative estimate of drug-likeness (QED) is 0.667. The largest absolute Gasteiger partial charge is 0.496 e. The van der Waals surface area contributed by atoms with Gasteiger partial charge in [0, 0.05) is 41.5 Å². The minimum atomic E-state index is 0.764. The van der Waals surface area contributed by atoms with E-state index in [2.05, 4.69) is 41.9 Å². The van der Waals surface area contributed by atoms with Gasteiger partial charge in [-0.05, 0) is 57.2 Å². The Morgan fingerprint density at radius 2 is 2.04 bits per heavy atom. The number of fused-ring (bicyclic) bond motifs is 1. The van der Waals surface area contributed by atoms with Crippen molar-refractivity contribution < 1.29 is 4.74 Å².